The highest BCUT2D eigenvalue weighted by molar-refractivity contribution is 8.76. The number of carbonyl (C=O) groups is 1. The number of anilines is 2. The third-order valence-electron chi connectivity index (χ3n) is 5.07. The molecule has 0 aliphatic rings. The first-order chi connectivity index (χ1) is 18.5. The molecule has 0 heterocycles. The van der Waals surface area contributed by atoms with Gasteiger partial charge in [0.1, 0.15) is 23.0 Å². The zero-order valence-corrected chi connectivity index (χ0v) is 22.7. The van der Waals surface area contributed by atoms with Gasteiger partial charge in [-0.2, -0.15) is 0 Å². The van der Waals surface area contributed by atoms with E-state index in [-0.39, 0.29) is 0 Å². The molecule has 4 aromatic rings. The first kappa shape index (κ1) is 27.0. The molecular formula is C30H28N2O4S2. The van der Waals surface area contributed by atoms with Crippen LogP contribution < -0.4 is 20.5 Å². The maximum absolute atomic E-state index is 11.9. The van der Waals surface area contributed by atoms with E-state index >= 15 is 0 Å². The number of allylic oxidation sites excluding steroid dienone is 1. The van der Waals surface area contributed by atoms with Crippen LogP contribution in [-0.2, 0) is 9.53 Å². The van der Waals surface area contributed by atoms with Gasteiger partial charge in [-0.3, -0.25) is 0 Å². The second-order valence-corrected chi connectivity index (χ2v) is 10.3. The van der Waals surface area contributed by atoms with Crippen molar-refractivity contribution >= 4 is 38.9 Å². The first-order valence-electron chi connectivity index (χ1n) is 12.0. The molecule has 0 spiro atoms. The van der Waals surface area contributed by atoms with Gasteiger partial charge >= 0.3 is 5.97 Å². The summed E-state index contributed by atoms with van der Waals surface area (Å²) in [5.74, 6) is 2.48. The highest BCUT2D eigenvalue weighted by atomic mass is 33.1. The van der Waals surface area contributed by atoms with Gasteiger partial charge in [0.05, 0.1) is 12.3 Å². The molecule has 4 rings (SSSR count). The van der Waals surface area contributed by atoms with Gasteiger partial charge in [0.25, 0.3) is 0 Å². The first-order valence-corrected chi connectivity index (χ1v) is 14.1. The smallest absolute Gasteiger partial charge is 0.332 e. The molecule has 0 radical (unpaired) electrons. The maximum atomic E-state index is 11.9. The van der Waals surface area contributed by atoms with Crippen LogP contribution in [0, 0.1) is 0 Å². The lowest BCUT2D eigenvalue weighted by molar-refractivity contribution is -0.137. The Kier molecular flexibility index (Phi) is 9.61. The Morgan fingerprint density at radius 1 is 0.789 bits per heavy atom. The number of nitrogens with one attached hydrogen (secondary N) is 1. The average Bonchev–Trinajstić information content (AvgIpc) is 2.91. The summed E-state index contributed by atoms with van der Waals surface area (Å²) in [7, 11) is 3.03. The van der Waals surface area contributed by atoms with Crippen molar-refractivity contribution < 1.29 is 19.0 Å². The molecule has 0 unspecified atom stereocenters. The van der Waals surface area contributed by atoms with Crippen LogP contribution in [0.15, 0.2) is 119 Å². The summed E-state index contributed by atoms with van der Waals surface area (Å²) >= 11 is 0. The number of carbonyl (C=O) groups excluding carboxylic acids is 1. The van der Waals surface area contributed by atoms with Gasteiger partial charge in [-0.05, 0) is 74.5 Å². The standard InChI is InChI=1S/C30H28N2O4S2/c1-3-34-30(33)18-21(2)32-27-17-15-25(36-23-12-8-5-9-13-23)20-29(27)38-37-28-19-24(14-16-26(28)31)35-22-10-6-4-7-11-22/h4-20,32H,3,31H2,1-2H3/b21-18+. The van der Waals surface area contributed by atoms with E-state index in [4.69, 9.17) is 19.9 Å². The van der Waals surface area contributed by atoms with Gasteiger partial charge in [-0.1, -0.05) is 58.0 Å². The molecule has 0 fully saturated rings. The molecule has 0 bridgehead atoms. The quantitative estimate of drug-likeness (QED) is 0.0841. The van der Waals surface area contributed by atoms with E-state index in [1.807, 2.05) is 104 Å². The van der Waals surface area contributed by atoms with Gasteiger partial charge < -0.3 is 25.3 Å². The SMILES string of the molecule is CCOC(=O)/C=C(\C)Nc1ccc(Oc2ccccc2)cc1SSc1cc(Oc2ccccc2)ccc1N. The second kappa shape index (κ2) is 13.5. The fourth-order valence-electron chi connectivity index (χ4n) is 3.34. The average molecular weight is 545 g/mol. The Hall–Kier alpha value is -4.01. The van der Waals surface area contributed by atoms with Crippen LogP contribution in [0.1, 0.15) is 13.8 Å². The third kappa shape index (κ3) is 7.99. The number of esters is 1. The largest absolute Gasteiger partial charge is 0.463 e. The van der Waals surface area contributed by atoms with Crippen LogP contribution in [0.2, 0.25) is 0 Å². The predicted octanol–water partition coefficient (Wildman–Crippen LogP) is 8.53. The lowest BCUT2D eigenvalue weighted by Gasteiger charge is -2.15. The highest BCUT2D eigenvalue weighted by Gasteiger charge is 2.12. The Morgan fingerprint density at radius 2 is 1.34 bits per heavy atom. The Labute approximate surface area is 230 Å². The Balaban J connectivity index is 1.56. The summed E-state index contributed by atoms with van der Waals surface area (Å²) in [4.78, 5) is 13.7. The summed E-state index contributed by atoms with van der Waals surface area (Å²) in [5, 5.41) is 3.30. The monoisotopic (exact) mass is 544 g/mol. The van der Waals surface area contributed by atoms with Gasteiger partial charge in [0.15, 0.2) is 0 Å². The Bertz CT molecular complexity index is 1400. The van der Waals surface area contributed by atoms with Gasteiger partial charge in [0, 0.05) is 27.3 Å². The summed E-state index contributed by atoms with van der Waals surface area (Å²) in [6.07, 6.45) is 1.43. The molecule has 6 nitrogen and oxygen atoms in total. The molecule has 194 valence electrons. The zero-order valence-electron chi connectivity index (χ0n) is 21.0. The fraction of sp³-hybridized carbons (Fsp3) is 0.100. The van der Waals surface area contributed by atoms with E-state index in [9.17, 15) is 4.79 Å². The molecule has 38 heavy (non-hydrogen) atoms. The lowest BCUT2D eigenvalue weighted by Crippen LogP contribution is -2.04. The van der Waals surface area contributed by atoms with E-state index in [2.05, 4.69) is 5.32 Å². The highest BCUT2D eigenvalue weighted by Crippen LogP contribution is 2.46. The topological polar surface area (TPSA) is 82.8 Å². The second-order valence-electron chi connectivity index (χ2n) is 8.06. The molecule has 8 heteroatoms. The maximum Gasteiger partial charge on any atom is 0.332 e. The lowest BCUT2D eigenvalue weighted by atomic mass is 10.2. The summed E-state index contributed by atoms with van der Waals surface area (Å²) < 4.78 is 17.1. The van der Waals surface area contributed by atoms with Crippen molar-refractivity contribution in [3.63, 3.8) is 0 Å². The van der Waals surface area contributed by atoms with Gasteiger partial charge in [-0.15, -0.1) is 0 Å². The molecule has 0 amide bonds. The predicted molar refractivity (Wildman–Crippen MR) is 156 cm³/mol. The number of rotatable bonds is 11. The summed E-state index contributed by atoms with van der Waals surface area (Å²) in [5.41, 5.74) is 8.41. The number of nitrogens with two attached hydrogens (primary N) is 1. The van der Waals surface area contributed by atoms with Gasteiger partial charge in [0.2, 0.25) is 0 Å². The Morgan fingerprint density at radius 3 is 1.95 bits per heavy atom. The number of hydrogen-bond donors (Lipinski definition) is 2. The fourth-order valence-corrected chi connectivity index (χ4v) is 5.60. The van der Waals surface area contributed by atoms with Crippen LogP contribution in [0.4, 0.5) is 11.4 Å². The van der Waals surface area contributed by atoms with E-state index in [0.29, 0.717) is 29.5 Å². The van der Waals surface area contributed by atoms with E-state index in [1.165, 1.54) is 27.7 Å². The minimum Gasteiger partial charge on any atom is -0.463 e. The summed E-state index contributed by atoms with van der Waals surface area (Å²) in [6, 6.07) is 30.5. The molecule has 0 saturated heterocycles. The molecule has 0 saturated carbocycles. The minimum absolute atomic E-state index is 0.320. The third-order valence-corrected chi connectivity index (χ3v) is 7.53. The number of nitrogen functional groups attached to an aromatic ring is 1. The molecule has 0 aromatic heterocycles. The molecule has 0 atom stereocenters. The van der Waals surface area contributed by atoms with Gasteiger partial charge in [-0.25, -0.2) is 4.79 Å². The van der Waals surface area contributed by atoms with Crippen molar-refractivity contribution in [3.05, 3.63) is 109 Å². The molecular weight excluding hydrogens is 516 g/mol. The van der Waals surface area contributed by atoms with Crippen molar-refractivity contribution in [3.8, 4) is 23.0 Å². The van der Waals surface area contributed by atoms with Crippen LogP contribution in [0.3, 0.4) is 0 Å². The molecule has 3 N–H and O–H groups in total. The van der Waals surface area contributed by atoms with Crippen LogP contribution in [0.5, 0.6) is 23.0 Å². The van der Waals surface area contributed by atoms with Crippen LogP contribution >= 0.6 is 21.6 Å². The van der Waals surface area contributed by atoms with E-state index in [0.717, 1.165) is 27.0 Å². The van der Waals surface area contributed by atoms with Crippen molar-refractivity contribution in [2.45, 2.75) is 23.6 Å². The summed E-state index contributed by atoms with van der Waals surface area (Å²) in [6.45, 7) is 3.91. The van der Waals surface area contributed by atoms with Crippen molar-refractivity contribution in [1.82, 2.24) is 0 Å². The molecule has 0 aliphatic heterocycles. The molecule has 4 aromatic carbocycles. The van der Waals surface area contributed by atoms with Crippen molar-refractivity contribution in [2.75, 3.05) is 17.7 Å². The zero-order chi connectivity index (χ0) is 26.7. The molecule has 0 aliphatic carbocycles. The van der Waals surface area contributed by atoms with E-state index in [1.54, 1.807) is 6.92 Å². The number of hydrogen-bond acceptors (Lipinski definition) is 8. The van der Waals surface area contributed by atoms with Crippen molar-refractivity contribution in [1.29, 1.82) is 0 Å². The van der Waals surface area contributed by atoms with Crippen molar-refractivity contribution in [2.24, 2.45) is 0 Å². The number of ether oxygens (including phenoxy) is 3. The van der Waals surface area contributed by atoms with Crippen LogP contribution in [-0.4, -0.2) is 12.6 Å². The van der Waals surface area contributed by atoms with Crippen LogP contribution in [0.25, 0.3) is 0 Å². The normalized spacial score (nSPS) is 11.1. The van der Waals surface area contributed by atoms with E-state index < -0.39 is 5.97 Å². The number of benzene rings is 4. The minimum atomic E-state index is -0.395. The number of para-hydroxylation sites is 2.